The molecule has 1 aromatic heterocycles. The van der Waals surface area contributed by atoms with E-state index in [2.05, 4.69) is 21.0 Å². The smallest absolute Gasteiger partial charge is 0.282 e. The van der Waals surface area contributed by atoms with Crippen LogP contribution in [0.5, 0.6) is 0 Å². The molecule has 2 aliphatic rings. The van der Waals surface area contributed by atoms with Crippen LogP contribution in [0.4, 0.5) is 0 Å². The molecular weight excluding hydrogens is 386 g/mol. The molecule has 9 heteroatoms. The van der Waals surface area contributed by atoms with E-state index in [4.69, 9.17) is 0 Å². The van der Waals surface area contributed by atoms with Crippen molar-refractivity contribution in [3.05, 3.63) is 42.1 Å². The second kappa shape index (κ2) is 8.48. The molecule has 1 aromatic carbocycles. The van der Waals surface area contributed by atoms with E-state index in [-0.39, 0.29) is 42.3 Å². The number of aromatic nitrogens is 2. The van der Waals surface area contributed by atoms with Gasteiger partial charge in [0.1, 0.15) is 5.69 Å². The fourth-order valence-electron chi connectivity index (χ4n) is 4.12. The minimum Gasteiger partial charge on any atom is -0.282 e. The maximum atomic E-state index is 12.4. The number of imide groups is 1. The summed E-state index contributed by atoms with van der Waals surface area (Å²) in [6.07, 6.45) is 3.32. The number of amides is 4. The van der Waals surface area contributed by atoms with Crippen molar-refractivity contribution in [2.75, 3.05) is 6.54 Å². The van der Waals surface area contributed by atoms with Gasteiger partial charge in [0.2, 0.25) is 17.7 Å². The fraction of sp³-hybridized carbons (Fsp3) is 0.381. The molecule has 9 nitrogen and oxygen atoms in total. The Bertz CT molecular complexity index is 947. The Morgan fingerprint density at radius 2 is 1.70 bits per heavy atom. The number of carbonyl (C=O) groups is 4. The predicted octanol–water partition coefficient (Wildman–Crippen LogP) is 1.40. The van der Waals surface area contributed by atoms with Crippen molar-refractivity contribution in [1.82, 2.24) is 25.9 Å². The molecule has 3 N–H and O–H groups in total. The van der Waals surface area contributed by atoms with E-state index in [1.807, 2.05) is 30.3 Å². The van der Waals surface area contributed by atoms with Gasteiger partial charge in [-0.15, -0.1) is 0 Å². The summed E-state index contributed by atoms with van der Waals surface area (Å²) in [5, 5.41) is 6.73. The van der Waals surface area contributed by atoms with E-state index in [1.165, 1.54) is 4.90 Å². The van der Waals surface area contributed by atoms with Gasteiger partial charge >= 0.3 is 0 Å². The molecule has 0 spiro atoms. The van der Waals surface area contributed by atoms with Crippen LogP contribution in [0.25, 0.3) is 11.3 Å². The molecule has 4 rings (SSSR count). The van der Waals surface area contributed by atoms with E-state index < -0.39 is 11.8 Å². The van der Waals surface area contributed by atoms with Gasteiger partial charge in [-0.1, -0.05) is 43.2 Å². The van der Waals surface area contributed by atoms with Crippen molar-refractivity contribution in [1.29, 1.82) is 0 Å². The van der Waals surface area contributed by atoms with Gasteiger partial charge < -0.3 is 0 Å². The SMILES string of the molecule is O=C(CCN1C(=O)[C@H]2CCCC[C@H]2C1=O)NNC(=O)c1cc(-c2ccccc2)n[nH]1. The van der Waals surface area contributed by atoms with Crippen LogP contribution < -0.4 is 10.9 Å². The largest absolute Gasteiger partial charge is 0.287 e. The lowest BCUT2D eigenvalue weighted by atomic mass is 9.81. The first-order valence-corrected chi connectivity index (χ1v) is 10.1. The minimum atomic E-state index is -0.544. The quantitative estimate of drug-likeness (QED) is 0.509. The summed E-state index contributed by atoms with van der Waals surface area (Å²) < 4.78 is 0. The zero-order valence-electron chi connectivity index (χ0n) is 16.4. The van der Waals surface area contributed by atoms with E-state index in [0.29, 0.717) is 5.69 Å². The lowest BCUT2D eigenvalue weighted by molar-refractivity contribution is -0.140. The molecule has 30 heavy (non-hydrogen) atoms. The molecule has 4 amide bonds. The number of benzene rings is 1. The third-order valence-electron chi connectivity index (χ3n) is 5.70. The molecule has 0 radical (unpaired) electrons. The lowest BCUT2D eigenvalue weighted by Crippen LogP contribution is -2.43. The van der Waals surface area contributed by atoms with Gasteiger partial charge in [-0.3, -0.25) is 40.0 Å². The predicted molar refractivity (Wildman–Crippen MR) is 106 cm³/mol. The second-order valence-corrected chi connectivity index (χ2v) is 7.61. The van der Waals surface area contributed by atoms with Gasteiger partial charge in [0.25, 0.3) is 5.91 Å². The molecule has 2 aromatic rings. The highest BCUT2D eigenvalue weighted by molar-refractivity contribution is 6.05. The molecule has 0 bridgehead atoms. The van der Waals surface area contributed by atoms with E-state index >= 15 is 0 Å². The fourth-order valence-corrected chi connectivity index (χ4v) is 4.12. The number of aromatic amines is 1. The molecule has 2 heterocycles. The zero-order chi connectivity index (χ0) is 21.1. The average Bonchev–Trinajstić information content (AvgIpc) is 3.36. The Kier molecular flexibility index (Phi) is 5.60. The first-order valence-electron chi connectivity index (χ1n) is 10.1. The Morgan fingerprint density at radius 3 is 2.37 bits per heavy atom. The Morgan fingerprint density at radius 1 is 1.03 bits per heavy atom. The first kappa shape index (κ1) is 19.8. The summed E-state index contributed by atoms with van der Waals surface area (Å²) in [6, 6.07) is 11.0. The maximum absolute atomic E-state index is 12.4. The summed E-state index contributed by atoms with van der Waals surface area (Å²) in [5.41, 5.74) is 6.29. The molecule has 2 fully saturated rings. The van der Waals surface area contributed by atoms with Gasteiger partial charge in [0.05, 0.1) is 17.5 Å². The van der Waals surface area contributed by atoms with Crippen molar-refractivity contribution < 1.29 is 19.2 Å². The van der Waals surface area contributed by atoms with Crippen LogP contribution in [0.1, 0.15) is 42.6 Å². The van der Waals surface area contributed by atoms with Crippen LogP contribution in [0.3, 0.4) is 0 Å². The highest BCUT2D eigenvalue weighted by atomic mass is 16.2. The first-order chi connectivity index (χ1) is 14.5. The molecule has 2 atom stereocenters. The number of likely N-dealkylation sites (tertiary alicyclic amines) is 1. The van der Waals surface area contributed by atoms with Gasteiger partial charge in [-0.05, 0) is 18.9 Å². The molecule has 1 saturated heterocycles. The second-order valence-electron chi connectivity index (χ2n) is 7.61. The summed E-state index contributed by atoms with van der Waals surface area (Å²) in [5.74, 6) is -1.83. The topological polar surface area (TPSA) is 124 Å². The van der Waals surface area contributed by atoms with E-state index in [9.17, 15) is 19.2 Å². The molecule has 1 aliphatic heterocycles. The summed E-state index contributed by atoms with van der Waals surface area (Å²) in [6.45, 7) is 0.0224. The summed E-state index contributed by atoms with van der Waals surface area (Å²) in [4.78, 5) is 50.4. The van der Waals surface area contributed by atoms with Crippen LogP contribution >= 0.6 is 0 Å². The Balaban J connectivity index is 1.26. The molecule has 0 unspecified atom stereocenters. The van der Waals surface area contributed by atoms with E-state index in [0.717, 1.165) is 31.2 Å². The highest BCUT2D eigenvalue weighted by Crippen LogP contribution is 2.37. The molecule has 1 aliphatic carbocycles. The van der Waals surface area contributed by atoms with Crippen LogP contribution in [-0.4, -0.2) is 45.3 Å². The number of hydrazine groups is 1. The number of carbonyl (C=O) groups excluding carboxylic acids is 4. The number of fused-ring (bicyclic) bond motifs is 1. The standard InChI is InChI=1S/C21H23N5O4/c27-18(10-11-26-20(29)14-8-4-5-9-15(14)21(26)30)24-25-19(28)17-12-16(22-23-17)13-6-2-1-3-7-13/h1-3,6-7,12,14-15H,4-5,8-11H2,(H,22,23)(H,24,27)(H,25,28)/t14-,15+. The highest BCUT2D eigenvalue weighted by Gasteiger charge is 2.47. The van der Waals surface area contributed by atoms with Crippen LogP contribution in [-0.2, 0) is 14.4 Å². The van der Waals surface area contributed by atoms with Crippen LogP contribution in [0, 0.1) is 11.8 Å². The number of rotatable bonds is 5. The Labute approximate surface area is 173 Å². The van der Waals surface area contributed by atoms with E-state index in [1.54, 1.807) is 6.07 Å². The van der Waals surface area contributed by atoms with Crippen molar-refractivity contribution in [3.8, 4) is 11.3 Å². The normalized spacial score (nSPS) is 20.7. The number of nitrogens with one attached hydrogen (secondary N) is 3. The maximum Gasteiger partial charge on any atom is 0.287 e. The summed E-state index contributed by atoms with van der Waals surface area (Å²) in [7, 11) is 0. The molecule has 156 valence electrons. The minimum absolute atomic E-state index is 0.0224. The monoisotopic (exact) mass is 409 g/mol. The van der Waals surface area contributed by atoms with Crippen molar-refractivity contribution in [3.63, 3.8) is 0 Å². The number of hydrogen-bond acceptors (Lipinski definition) is 5. The van der Waals surface area contributed by atoms with Gasteiger partial charge in [0.15, 0.2) is 0 Å². The lowest BCUT2D eigenvalue weighted by Gasteiger charge is -2.19. The third-order valence-corrected chi connectivity index (χ3v) is 5.70. The zero-order valence-corrected chi connectivity index (χ0v) is 16.4. The van der Waals surface area contributed by atoms with Crippen molar-refractivity contribution in [2.45, 2.75) is 32.1 Å². The Hall–Kier alpha value is -3.49. The van der Waals surface area contributed by atoms with Crippen molar-refractivity contribution >= 4 is 23.6 Å². The molecular formula is C21H23N5O4. The number of H-pyrrole nitrogens is 1. The third kappa shape index (κ3) is 3.96. The van der Waals surface area contributed by atoms with Crippen LogP contribution in [0.2, 0.25) is 0 Å². The van der Waals surface area contributed by atoms with Crippen LogP contribution in [0.15, 0.2) is 36.4 Å². The number of hydrogen-bond donors (Lipinski definition) is 3. The molecule has 1 saturated carbocycles. The van der Waals surface area contributed by atoms with Crippen molar-refractivity contribution in [2.24, 2.45) is 11.8 Å². The van der Waals surface area contributed by atoms with Gasteiger partial charge in [-0.25, -0.2) is 0 Å². The number of nitrogens with zero attached hydrogens (tertiary/aromatic N) is 2. The average molecular weight is 409 g/mol. The van der Waals surface area contributed by atoms with Gasteiger partial charge in [-0.2, -0.15) is 5.10 Å². The summed E-state index contributed by atoms with van der Waals surface area (Å²) >= 11 is 0. The van der Waals surface area contributed by atoms with Gasteiger partial charge in [0, 0.05) is 18.5 Å².